The summed E-state index contributed by atoms with van der Waals surface area (Å²) in [6, 6.07) is 9.88. The summed E-state index contributed by atoms with van der Waals surface area (Å²) in [7, 11) is 1.39. The van der Waals surface area contributed by atoms with E-state index in [1.54, 1.807) is 13.1 Å². The maximum absolute atomic E-state index is 11.4. The minimum absolute atomic E-state index is 0.248. The summed E-state index contributed by atoms with van der Waals surface area (Å²) >= 11 is 1.38. The first-order valence-electron chi connectivity index (χ1n) is 5.55. The second-order valence-corrected chi connectivity index (χ2v) is 5.01. The van der Waals surface area contributed by atoms with Gasteiger partial charge >= 0.3 is 5.97 Å². The number of rotatable bonds is 4. The predicted octanol–water partition coefficient (Wildman–Crippen LogP) is 2.53. The second kappa shape index (κ2) is 5.73. The zero-order valence-corrected chi connectivity index (χ0v) is 11.1. The van der Waals surface area contributed by atoms with Crippen LogP contribution in [0.3, 0.4) is 0 Å². The number of imidazole rings is 1. The number of benzene rings is 1. The Balaban J connectivity index is 2.21. The van der Waals surface area contributed by atoms with Gasteiger partial charge in [-0.3, -0.25) is 9.36 Å². The zero-order valence-electron chi connectivity index (χ0n) is 10.2. The van der Waals surface area contributed by atoms with Crippen molar-refractivity contribution in [1.29, 1.82) is 0 Å². The molecular weight excluding hydrogens is 248 g/mol. The summed E-state index contributed by atoms with van der Waals surface area (Å²) in [6.45, 7) is 1.81. The fraction of sp³-hybridized carbons (Fsp3) is 0.231. The quantitative estimate of drug-likeness (QED) is 0.627. The number of hydrogen-bond acceptors (Lipinski definition) is 4. The van der Waals surface area contributed by atoms with Crippen LogP contribution in [0.25, 0.3) is 5.69 Å². The van der Waals surface area contributed by atoms with Gasteiger partial charge in [0.05, 0.1) is 7.11 Å². The molecule has 0 aliphatic heterocycles. The van der Waals surface area contributed by atoms with E-state index < -0.39 is 0 Å². The van der Waals surface area contributed by atoms with Gasteiger partial charge in [0.1, 0.15) is 5.25 Å². The minimum atomic E-state index is -0.278. The summed E-state index contributed by atoms with van der Waals surface area (Å²) in [5, 5.41) is 0.499. The Morgan fingerprint density at radius 3 is 2.78 bits per heavy atom. The lowest BCUT2D eigenvalue weighted by molar-refractivity contribution is -0.139. The molecule has 5 heteroatoms. The molecule has 2 rings (SSSR count). The fourth-order valence-corrected chi connectivity index (χ4v) is 2.44. The highest BCUT2D eigenvalue weighted by molar-refractivity contribution is 8.00. The molecule has 1 atom stereocenters. The van der Waals surface area contributed by atoms with Crippen molar-refractivity contribution < 1.29 is 9.53 Å². The number of para-hydroxylation sites is 1. The van der Waals surface area contributed by atoms with Gasteiger partial charge < -0.3 is 4.74 Å². The Morgan fingerprint density at radius 1 is 1.39 bits per heavy atom. The standard InChI is InChI=1S/C13H14N2O2S/c1-10(12(16)17-2)18-13-14-8-9-15(13)11-6-4-3-5-7-11/h3-10H,1-2H3/t10-/m0/s1. The lowest BCUT2D eigenvalue weighted by Gasteiger charge is -2.10. The molecule has 0 saturated heterocycles. The summed E-state index contributed by atoms with van der Waals surface area (Å²) in [6.07, 6.45) is 3.60. The first kappa shape index (κ1) is 12.7. The molecule has 0 aliphatic carbocycles. The average molecular weight is 262 g/mol. The van der Waals surface area contributed by atoms with Gasteiger partial charge in [-0.15, -0.1) is 0 Å². The van der Waals surface area contributed by atoms with E-state index in [4.69, 9.17) is 4.74 Å². The number of hydrogen-bond donors (Lipinski definition) is 0. The van der Waals surface area contributed by atoms with Gasteiger partial charge in [-0.1, -0.05) is 30.0 Å². The second-order valence-electron chi connectivity index (χ2n) is 3.70. The van der Waals surface area contributed by atoms with Crippen LogP contribution in [0.2, 0.25) is 0 Å². The van der Waals surface area contributed by atoms with Crippen LogP contribution in [0.15, 0.2) is 47.9 Å². The van der Waals surface area contributed by atoms with Crippen molar-refractivity contribution in [3.8, 4) is 5.69 Å². The fourth-order valence-electron chi connectivity index (χ4n) is 1.53. The predicted molar refractivity (Wildman–Crippen MR) is 70.9 cm³/mol. The van der Waals surface area contributed by atoms with Crippen LogP contribution in [-0.2, 0) is 9.53 Å². The third kappa shape index (κ3) is 2.73. The van der Waals surface area contributed by atoms with Gasteiger partial charge in [-0.2, -0.15) is 0 Å². The number of ether oxygens (including phenoxy) is 1. The number of carbonyl (C=O) groups excluding carboxylic acids is 1. The topological polar surface area (TPSA) is 44.1 Å². The van der Waals surface area contributed by atoms with Gasteiger partial charge in [0.15, 0.2) is 5.16 Å². The van der Waals surface area contributed by atoms with E-state index in [1.807, 2.05) is 41.1 Å². The zero-order chi connectivity index (χ0) is 13.0. The molecule has 1 heterocycles. The molecule has 1 aromatic heterocycles. The molecule has 0 bridgehead atoms. The maximum Gasteiger partial charge on any atom is 0.318 e. The van der Waals surface area contributed by atoms with Crippen molar-refractivity contribution in [2.24, 2.45) is 0 Å². The van der Waals surface area contributed by atoms with Crippen LogP contribution in [0.5, 0.6) is 0 Å². The lowest BCUT2D eigenvalue weighted by Crippen LogP contribution is -2.15. The van der Waals surface area contributed by atoms with E-state index in [2.05, 4.69) is 4.98 Å². The summed E-state index contributed by atoms with van der Waals surface area (Å²) < 4.78 is 6.66. The molecule has 0 fully saturated rings. The van der Waals surface area contributed by atoms with Crippen LogP contribution in [-0.4, -0.2) is 27.9 Å². The van der Waals surface area contributed by atoms with Crippen LogP contribution in [0, 0.1) is 0 Å². The van der Waals surface area contributed by atoms with Crippen LogP contribution >= 0.6 is 11.8 Å². The molecule has 0 spiro atoms. The lowest BCUT2D eigenvalue weighted by atomic mass is 10.3. The normalized spacial score (nSPS) is 12.1. The van der Waals surface area contributed by atoms with Crippen molar-refractivity contribution >= 4 is 17.7 Å². The molecule has 0 unspecified atom stereocenters. The number of methoxy groups -OCH3 is 1. The van der Waals surface area contributed by atoms with Gasteiger partial charge in [-0.25, -0.2) is 4.98 Å². The highest BCUT2D eigenvalue weighted by atomic mass is 32.2. The van der Waals surface area contributed by atoms with E-state index >= 15 is 0 Å². The van der Waals surface area contributed by atoms with Gasteiger partial charge in [0.25, 0.3) is 0 Å². The molecule has 0 radical (unpaired) electrons. The molecule has 0 aliphatic rings. The Kier molecular flexibility index (Phi) is 4.04. The Hall–Kier alpha value is -1.75. The average Bonchev–Trinajstić information content (AvgIpc) is 2.86. The minimum Gasteiger partial charge on any atom is -0.468 e. The smallest absolute Gasteiger partial charge is 0.318 e. The highest BCUT2D eigenvalue weighted by Crippen LogP contribution is 2.24. The Morgan fingerprint density at radius 2 is 2.11 bits per heavy atom. The third-order valence-corrected chi connectivity index (χ3v) is 3.52. The molecule has 0 N–H and O–H groups in total. The van der Waals surface area contributed by atoms with Crippen molar-refractivity contribution in [2.75, 3.05) is 7.11 Å². The Bertz CT molecular complexity index is 525. The van der Waals surface area contributed by atoms with Gasteiger partial charge in [0.2, 0.25) is 0 Å². The van der Waals surface area contributed by atoms with Crippen molar-refractivity contribution in [3.05, 3.63) is 42.7 Å². The highest BCUT2D eigenvalue weighted by Gasteiger charge is 2.17. The van der Waals surface area contributed by atoms with Gasteiger partial charge in [0, 0.05) is 18.1 Å². The molecule has 94 valence electrons. The van der Waals surface area contributed by atoms with Gasteiger partial charge in [-0.05, 0) is 19.1 Å². The van der Waals surface area contributed by atoms with E-state index in [9.17, 15) is 4.79 Å². The van der Waals surface area contributed by atoms with E-state index in [-0.39, 0.29) is 11.2 Å². The van der Waals surface area contributed by atoms with E-state index in [1.165, 1.54) is 18.9 Å². The van der Waals surface area contributed by atoms with Crippen molar-refractivity contribution in [1.82, 2.24) is 9.55 Å². The molecular formula is C13H14N2O2S. The van der Waals surface area contributed by atoms with Crippen molar-refractivity contribution in [2.45, 2.75) is 17.3 Å². The van der Waals surface area contributed by atoms with Crippen molar-refractivity contribution in [3.63, 3.8) is 0 Å². The van der Waals surface area contributed by atoms with Crippen LogP contribution in [0.1, 0.15) is 6.92 Å². The summed E-state index contributed by atoms with van der Waals surface area (Å²) in [4.78, 5) is 15.7. The van der Waals surface area contributed by atoms with E-state index in [0.717, 1.165) is 10.8 Å². The first-order valence-corrected chi connectivity index (χ1v) is 6.43. The number of carbonyl (C=O) groups is 1. The largest absolute Gasteiger partial charge is 0.468 e. The number of esters is 1. The molecule has 1 aromatic carbocycles. The van der Waals surface area contributed by atoms with E-state index in [0.29, 0.717) is 0 Å². The maximum atomic E-state index is 11.4. The van der Waals surface area contributed by atoms with Crippen LogP contribution < -0.4 is 0 Å². The first-order chi connectivity index (χ1) is 8.72. The number of nitrogens with zero attached hydrogens (tertiary/aromatic N) is 2. The summed E-state index contributed by atoms with van der Waals surface area (Å²) in [5.41, 5.74) is 1.02. The molecule has 18 heavy (non-hydrogen) atoms. The SMILES string of the molecule is COC(=O)[C@H](C)Sc1nccn1-c1ccccc1. The molecule has 0 saturated carbocycles. The van der Waals surface area contributed by atoms with Crippen LogP contribution in [0.4, 0.5) is 0 Å². The molecule has 0 amide bonds. The monoisotopic (exact) mass is 262 g/mol. The Labute approximate surface area is 110 Å². The molecule has 4 nitrogen and oxygen atoms in total. The number of aromatic nitrogens is 2. The third-order valence-electron chi connectivity index (χ3n) is 2.46. The molecule has 2 aromatic rings. The number of thioether (sulfide) groups is 1. The summed E-state index contributed by atoms with van der Waals surface area (Å²) in [5.74, 6) is -0.248.